The number of pyridine rings is 1. The van der Waals surface area contributed by atoms with E-state index in [-0.39, 0.29) is 17.3 Å². The average Bonchev–Trinajstić information content (AvgIpc) is 3.23. The highest BCUT2D eigenvalue weighted by molar-refractivity contribution is 5.94. The first-order valence-corrected chi connectivity index (χ1v) is 11.5. The molecule has 1 N–H and O–H groups in total. The van der Waals surface area contributed by atoms with E-state index in [1.807, 2.05) is 18.3 Å². The van der Waals surface area contributed by atoms with Crippen LogP contribution in [0.4, 0.5) is 16.2 Å². The van der Waals surface area contributed by atoms with Gasteiger partial charge in [0.2, 0.25) is 5.95 Å². The number of hydrogen-bond donors (Lipinski definition) is 1. The summed E-state index contributed by atoms with van der Waals surface area (Å²) < 4.78 is 16.5. The number of nitrogens with zero attached hydrogens (tertiary/aromatic N) is 9. The van der Waals surface area contributed by atoms with Gasteiger partial charge in [-0.25, -0.2) is 29.3 Å². The van der Waals surface area contributed by atoms with E-state index < -0.39 is 5.82 Å². The molecule has 4 aromatic rings. The Morgan fingerprint density at radius 3 is 2.54 bits per heavy atom. The van der Waals surface area contributed by atoms with E-state index in [0.717, 1.165) is 51.0 Å². The zero-order valence-corrected chi connectivity index (χ0v) is 19.6. The summed E-state index contributed by atoms with van der Waals surface area (Å²) in [6.07, 6.45) is 5.88. The van der Waals surface area contributed by atoms with E-state index in [2.05, 4.69) is 53.0 Å². The maximum Gasteiger partial charge on any atom is 0.229 e. The van der Waals surface area contributed by atoms with Gasteiger partial charge < -0.3 is 14.8 Å². The lowest BCUT2D eigenvalue weighted by molar-refractivity contribution is 0.132. The van der Waals surface area contributed by atoms with E-state index in [0.29, 0.717) is 22.4 Å². The number of hydrogen-bond acceptors (Lipinski definition) is 9. The monoisotopic (exact) mass is 472 g/mol. The van der Waals surface area contributed by atoms with Crippen LogP contribution in [-0.4, -0.2) is 72.0 Å². The minimum Gasteiger partial charge on any atom is -0.334 e. The van der Waals surface area contributed by atoms with E-state index in [4.69, 9.17) is 0 Å². The van der Waals surface area contributed by atoms with Crippen molar-refractivity contribution in [3.05, 3.63) is 54.0 Å². The molecule has 1 aliphatic heterocycles. The van der Waals surface area contributed by atoms with Crippen LogP contribution < -0.4 is 5.32 Å². The fourth-order valence-electron chi connectivity index (χ4n) is 4.30. The number of piperazine rings is 1. The van der Waals surface area contributed by atoms with Crippen molar-refractivity contribution in [2.45, 2.75) is 13.5 Å². The molecule has 1 aliphatic rings. The molecule has 0 unspecified atom stereocenters. The van der Waals surface area contributed by atoms with Gasteiger partial charge in [-0.3, -0.25) is 4.90 Å². The van der Waals surface area contributed by atoms with Crippen LogP contribution in [0.3, 0.4) is 0 Å². The van der Waals surface area contributed by atoms with Crippen LogP contribution in [0.25, 0.3) is 22.4 Å². The molecule has 5 heterocycles. The van der Waals surface area contributed by atoms with Gasteiger partial charge in [-0.1, -0.05) is 13.0 Å². The average molecular weight is 473 g/mol. The molecule has 0 radical (unpaired) electrons. The summed E-state index contributed by atoms with van der Waals surface area (Å²) in [7, 11) is 1.77. The van der Waals surface area contributed by atoms with Crippen molar-refractivity contribution in [3.8, 4) is 17.5 Å². The first-order valence-electron chi connectivity index (χ1n) is 11.5. The Balaban J connectivity index is 1.35. The normalized spacial score (nSPS) is 14.8. The number of halogens is 1. The van der Waals surface area contributed by atoms with Gasteiger partial charge in [-0.05, 0) is 18.2 Å². The van der Waals surface area contributed by atoms with E-state index >= 15 is 0 Å². The van der Waals surface area contributed by atoms with Crippen LogP contribution in [-0.2, 0) is 13.6 Å². The fraction of sp³-hybridized carbons (Fsp3) is 0.333. The summed E-state index contributed by atoms with van der Waals surface area (Å²) in [6, 6.07) is 5.99. The predicted molar refractivity (Wildman–Crippen MR) is 129 cm³/mol. The molecule has 1 fully saturated rings. The summed E-state index contributed by atoms with van der Waals surface area (Å²) in [4.78, 5) is 26.2. The molecule has 0 saturated carbocycles. The number of anilines is 2. The molecule has 178 valence electrons. The third kappa shape index (κ3) is 4.66. The molecule has 4 aromatic heterocycles. The second kappa shape index (κ2) is 9.69. The van der Waals surface area contributed by atoms with Crippen molar-refractivity contribution in [2.75, 3.05) is 38.0 Å². The molecule has 0 bridgehead atoms. The fourth-order valence-corrected chi connectivity index (χ4v) is 4.30. The van der Waals surface area contributed by atoms with Crippen LogP contribution in [0.2, 0.25) is 0 Å². The molecule has 1 saturated heterocycles. The van der Waals surface area contributed by atoms with Crippen LogP contribution in [0.1, 0.15) is 18.1 Å². The van der Waals surface area contributed by atoms with Crippen molar-refractivity contribution in [3.63, 3.8) is 0 Å². The van der Waals surface area contributed by atoms with Gasteiger partial charge in [0.25, 0.3) is 0 Å². The highest BCUT2D eigenvalue weighted by Crippen LogP contribution is 2.30. The van der Waals surface area contributed by atoms with Crippen molar-refractivity contribution < 1.29 is 4.39 Å². The first-order chi connectivity index (χ1) is 17.1. The highest BCUT2D eigenvalue weighted by Gasteiger charge is 2.20. The Labute approximate surface area is 202 Å². The van der Waals surface area contributed by atoms with Gasteiger partial charge in [-0.2, -0.15) is 5.26 Å². The maximum atomic E-state index is 14.8. The number of fused-ring (bicyclic) bond motifs is 1. The Kier molecular flexibility index (Phi) is 6.31. The van der Waals surface area contributed by atoms with Crippen molar-refractivity contribution in [1.82, 2.24) is 39.3 Å². The second-order valence-corrected chi connectivity index (χ2v) is 8.46. The predicted octanol–water partition coefficient (Wildman–Crippen LogP) is 2.71. The minimum absolute atomic E-state index is 0.0135. The quantitative estimate of drug-likeness (QED) is 0.453. The smallest absolute Gasteiger partial charge is 0.229 e. The van der Waals surface area contributed by atoms with Gasteiger partial charge in [-0.15, -0.1) is 0 Å². The summed E-state index contributed by atoms with van der Waals surface area (Å²) in [5, 5.41) is 13.0. The molecule has 11 heteroatoms. The van der Waals surface area contributed by atoms with Crippen molar-refractivity contribution >= 4 is 22.8 Å². The Morgan fingerprint density at radius 2 is 1.83 bits per heavy atom. The summed E-state index contributed by atoms with van der Waals surface area (Å²) in [5.74, 6) is 0.0840. The van der Waals surface area contributed by atoms with E-state index in [1.54, 1.807) is 17.8 Å². The van der Waals surface area contributed by atoms with Gasteiger partial charge in [0.05, 0.1) is 17.1 Å². The van der Waals surface area contributed by atoms with Crippen LogP contribution in [0.5, 0.6) is 0 Å². The molecular formula is C24H25FN10. The molecule has 0 aliphatic carbocycles. The third-order valence-corrected chi connectivity index (χ3v) is 6.23. The summed E-state index contributed by atoms with van der Waals surface area (Å²) in [5.41, 5.74) is 2.21. The zero-order chi connectivity index (χ0) is 24.4. The second-order valence-electron chi connectivity index (χ2n) is 8.46. The highest BCUT2D eigenvalue weighted by atomic mass is 19.1. The zero-order valence-electron chi connectivity index (χ0n) is 19.6. The lowest BCUT2D eigenvalue weighted by Gasteiger charge is -2.33. The number of aryl methyl sites for hydroxylation is 1. The SMILES string of the molecule is CCN1CCN(Cc2ccc(Nc3ncc(F)c(-c4ncnc5c4c(C#N)cn5C)n3)nc2)CC1. The lowest BCUT2D eigenvalue weighted by atomic mass is 10.1. The molecule has 0 aromatic carbocycles. The van der Waals surface area contributed by atoms with Gasteiger partial charge in [0.15, 0.2) is 5.82 Å². The topological polar surface area (TPSA) is 112 Å². The van der Waals surface area contributed by atoms with E-state index in [9.17, 15) is 9.65 Å². The van der Waals surface area contributed by atoms with Crippen molar-refractivity contribution in [1.29, 1.82) is 5.26 Å². The molecule has 0 amide bonds. The number of nitrogens with one attached hydrogen (secondary N) is 1. The summed E-state index contributed by atoms with van der Waals surface area (Å²) >= 11 is 0. The third-order valence-electron chi connectivity index (χ3n) is 6.23. The summed E-state index contributed by atoms with van der Waals surface area (Å²) in [6.45, 7) is 8.41. The van der Waals surface area contributed by atoms with Gasteiger partial charge in [0.1, 0.15) is 35.2 Å². The molecule has 0 spiro atoms. The standard InChI is InChI=1S/C24H25FN10/c1-3-34-6-8-35(9-7-34)13-16-4-5-19(27-11-16)31-24-28-12-18(25)21(32-24)22-20-17(10-26)14-33(2)23(20)30-15-29-22/h4-5,11-12,14-15H,3,6-9,13H2,1-2H3,(H,27,28,31,32). The largest absolute Gasteiger partial charge is 0.334 e. The maximum absolute atomic E-state index is 14.8. The molecule has 35 heavy (non-hydrogen) atoms. The molecule has 10 nitrogen and oxygen atoms in total. The van der Waals surface area contributed by atoms with Crippen LogP contribution in [0.15, 0.2) is 37.1 Å². The molecule has 5 rings (SSSR count). The number of aromatic nitrogens is 6. The number of rotatable bonds is 6. The lowest BCUT2D eigenvalue weighted by Crippen LogP contribution is -2.45. The van der Waals surface area contributed by atoms with Gasteiger partial charge >= 0.3 is 0 Å². The molecular weight excluding hydrogens is 447 g/mol. The number of likely N-dealkylation sites (N-methyl/N-ethyl adjacent to an activating group) is 1. The first kappa shape index (κ1) is 22.8. The Morgan fingerprint density at radius 1 is 1.03 bits per heavy atom. The van der Waals surface area contributed by atoms with Crippen LogP contribution >= 0.6 is 0 Å². The Bertz CT molecular complexity index is 1380. The number of nitriles is 1. The van der Waals surface area contributed by atoms with E-state index in [1.165, 1.54) is 6.33 Å². The van der Waals surface area contributed by atoms with Gasteiger partial charge in [0, 0.05) is 52.2 Å². The Hall–Kier alpha value is -4.01. The van der Waals surface area contributed by atoms with Crippen molar-refractivity contribution in [2.24, 2.45) is 7.05 Å². The van der Waals surface area contributed by atoms with Crippen LogP contribution in [0, 0.1) is 17.1 Å². The minimum atomic E-state index is -0.644. The molecule has 0 atom stereocenters.